The van der Waals surface area contributed by atoms with Gasteiger partial charge in [0.05, 0.1) is 5.56 Å². The first-order valence-corrected chi connectivity index (χ1v) is 7.95. The molecule has 0 saturated carbocycles. The molecule has 2 aromatic carbocycles. The van der Waals surface area contributed by atoms with Crippen LogP contribution in [-0.2, 0) is 11.3 Å². The number of nitriles is 1. The molecule has 126 valence electrons. The standard InChI is InChI=1S/C19H16FN3O2/c20-17-7-6-14(10-15(17)11-21)19(25)22-12-13-3-1-4-16(9-13)23-8-2-5-18(23)24/h1,3-4,6-7,9-10H,2,5,8,12H2,(H,22,25). The van der Waals surface area contributed by atoms with E-state index >= 15 is 0 Å². The molecule has 1 aliphatic rings. The van der Waals surface area contributed by atoms with Gasteiger partial charge in [-0.1, -0.05) is 12.1 Å². The second-order valence-electron chi connectivity index (χ2n) is 5.81. The Morgan fingerprint density at radius 3 is 2.84 bits per heavy atom. The first kappa shape index (κ1) is 16.7. The summed E-state index contributed by atoms with van der Waals surface area (Å²) in [5.41, 5.74) is 1.74. The molecule has 0 aromatic heterocycles. The molecule has 1 fully saturated rings. The molecule has 0 bridgehead atoms. The zero-order valence-electron chi connectivity index (χ0n) is 13.5. The fourth-order valence-corrected chi connectivity index (χ4v) is 2.79. The topological polar surface area (TPSA) is 73.2 Å². The Bertz CT molecular complexity index is 873. The van der Waals surface area contributed by atoms with E-state index in [0.717, 1.165) is 23.7 Å². The van der Waals surface area contributed by atoms with Crippen LogP contribution in [-0.4, -0.2) is 18.4 Å². The maximum Gasteiger partial charge on any atom is 0.251 e. The molecular formula is C19H16FN3O2. The minimum absolute atomic E-state index is 0.108. The van der Waals surface area contributed by atoms with Crippen molar-refractivity contribution < 1.29 is 14.0 Å². The molecule has 1 saturated heterocycles. The fourth-order valence-electron chi connectivity index (χ4n) is 2.79. The van der Waals surface area contributed by atoms with Crippen LogP contribution in [0.15, 0.2) is 42.5 Å². The SMILES string of the molecule is N#Cc1cc(C(=O)NCc2cccc(N3CCCC3=O)c2)ccc1F. The Morgan fingerprint density at radius 2 is 2.12 bits per heavy atom. The summed E-state index contributed by atoms with van der Waals surface area (Å²) in [4.78, 5) is 25.7. The third kappa shape index (κ3) is 3.66. The summed E-state index contributed by atoms with van der Waals surface area (Å²) in [6.45, 7) is 0.981. The van der Waals surface area contributed by atoms with Gasteiger partial charge in [-0.3, -0.25) is 9.59 Å². The molecule has 25 heavy (non-hydrogen) atoms. The highest BCUT2D eigenvalue weighted by Gasteiger charge is 2.21. The zero-order chi connectivity index (χ0) is 17.8. The molecule has 2 amide bonds. The molecule has 5 nitrogen and oxygen atoms in total. The van der Waals surface area contributed by atoms with Gasteiger partial charge in [0.25, 0.3) is 5.91 Å². The molecule has 0 aliphatic carbocycles. The monoisotopic (exact) mass is 337 g/mol. The quantitative estimate of drug-likeness (QED) is 0.932. The van der Waals surface area contributed by atoms with Crippen molar-refractivity contribution in [2.75, 3.05) is 11.4 Å². The highest BCUT2D eigenvalue weighted by atomic mass is 19.1. The van der Waals surface area contributed by atoms with Gasteiger partial charge >= 0.3 is 0 Å². The van der Waals surface area contributed by atoms with Crippen LogP contribution in [0.3, 0.4) is 0 Å². The Labute approximate surface area is 144 Å². The molecule has 0 unspecified atom stereocenters. The minimum Gasteiger partial charge on any atom is -0.348 e. The van der Waals surface area contributed by atoms with Crippen molar-refractivity contribution in [2.24, 2.45) is 0 Å². The van der Waals surface area contributed by atoms with Crippen molar-refractivity contribution in [2.45, 2.75) is 19.4 Å². The number of rotatable bonds is 4. The van der Waals surface area contributed by atoms with E-state index in [1.54, 1.807) is 11.0 Å². The van der Waals surface area contributed by atoms with Gasteiger partial charge < -0.3 is 10.2 Å². The second kappa shape index (κ2) is 7.14. The smallest absolute Gasteiger partial charge is 0.251 e. The molecule has 1 aliphatic heterocycles. The normalized spacial score (nSPS) is 13.6. The van der Waals surface area contributed by atoms with Crippen LogP contribution in [0.25, 0.3) is 0 Å². The van der Waals surface area contributed by atoms with E-state index < -0.39 is 5.82 Å². The lowest BCUT2D eigenvalue weighted by Crippen LogP contribution is -2.25. The number of halogens is 1. The number of nitrogens with zero attached hydrogens (tertiary/aromatic N) is 2. The van der Waals surface area contributed by atoms with E-state index in [0.29, 0.717) is 13.0 Å². The van der Waals surface area contributed by atoms with Crippen LogP contribution < -0.4 is 10.2 Å². The molecule has 1 N–H and O–H groups in total. The van der Waals surface area contributed by atoms with Gasteiger partial charge in [-0.15, -0.1) is 0 Å². The molecule has 3 rings (SSSR count). The van der Waals surface area contributed by atoms with Gasteiger partial charge in [-0.05, 0) is 42.3 Å². The summed E-state index contributed by atoms with van der Waals surface area (Å²) >= 11 is 0. The first-order valence-electron chi connectivity index (χ1n) is 7.95. The summed E-state index contributed by atoms with van der Waals surface area (Å²) < 4.78 is 13.3. The van der Waals surface area contributed by atoms with Gasteiger partial charge in [0.1, 0.15) is 11.9 Å². The lowest BCUT2D eigenvalue weighted by molar-refractivity contribution is -0.117. The maximum atomic E-state index is 13.3. The van der Waals surface area contributed by atoms with Gasteiger partial charge in [0.15, 0.2) is 0 Å². The summed E-state index contributed by atoms with van der Waals surface area (Å²) in [6.07, 6.45) is 1.42. The van der Waals surface area contributed by atoms with Gasteiger partial charge in [0, 0.05) is 30.8 Å². The van der Waals surface area contributed by atoms with E-state index in [1.165, 1.54) is 12.1 Å². The van der Waals surface area contributed by atoms with Crippen LogP contribution in [0.5, 0.6) is 0 Å². The summed E-state index contributed by atoms with van der Waals surface area (Å²) in [5, 5.41) is 11.6. The average Bonchev–Trinajstić information content (AvgIpc) is 3.06. The number of anilines is 1. The summed E-state index contributed by atoms with van der Waals surface area (Å²) in [5.74, 6) is -0.933. The molecule has 0 spiro atoms. The van der Waals surface area contributed by atoms with Crippen LogP contribution >= 0.6 is 0 Å². The number of carbonyl (C=O) groups excluding carboxylic acids is 2. The van der Waals surface area contributed by atoms with Crippen molar-refractivity contribution >= 4 is 17.5 Å². The van der Waals surface area contributed by atoms with Gasteiger partial charge in [-0.25, -0.2) is 4.39 Å². The Morgan fingerprint density at radius 1 is 1.28 bits per heavy atom. The Hall–Kier alpha value is -3.20. The van der Waals surface area contributed by atoms with Gasteiger partial charge in [0.2, 0.25) is 5.91 Å². The zero-order valence-corrected chi connectivity index (χ0v) is 13.5. The lowest BCUT2D eigenvalue weighted by atomic mass is 10.1. The van der Waals surface area contributed by atoms with Crippen molar-refractivity contribution in [1.82, 2.24) is 5.32 Å². The Balaban J connectivity index is 1.68. The minimum atomic E-state index is -0.651. The van der Waals surface area contributed by atoms with E-state index in [1.807, 2.05) is 24.3 Å². The van der Waals surface area contributed by atoms with E-state index in [9.17, 15) is 14.0 Å². The third-order valence-corrected chi connectivity index (χ3v) is 4.10. The van der Waals surface area contributed by atoms with E-state index in [4.69, 9.17) is 5.26 Å². The third-order valence-electron chi connectivity index (χ3n) is 4.10. The van der Waals surface area contributed by atoms with Crippen molar-refractivity contribution in [3.63, 3.8) is 0 Å². The number of nitrogens with one attached hydrogen (secondary N) is 1. The first-order chi connectivity index (χ1) is 12.1. The summed E-state index contributed by atoms with van der Waals surface area (Å²) in [6, 6.07) is 12.8. The summed E-state index contributed by atoms with van der Waals surface area (Å²) in [7, 11) is 0. The predicted octanol–water partition coefficient (Wildman–Crippen LogP) is 2.75. The highest BCUT2D eigenvalue weighted by Crippen LogP contribution is 2.22. The van der Waals surface area contributed by atoms with Crippen molar-refractivity contribution in [3.8, 4) is 6.07 Å². The number of carbonyl (C=O) groups is 2. The lowest BCUT2D eigenvalue weighted by Gasteiger charge is -2.16. The van der Waals surface area contributed by atoms with Crippen LogP contribution in [0.4, 0.5) is 10.1 Å². The number of amides is 2. The fraction of sp³-hybridized carbons (Fsp3) is 0.211. The largest absolute Gasteiger partial charge is 0.348 e. The molecule has 0 radical (unpaired) electrons. The molecular weight excluding hydrogens is 321 g/mol. The second-order valence-corrected chi connectivity index (χ2v) is 5.81. The van der Waals surface area contributed by atoms with Crippen LogP contribution in [0.1, 0.15) is 34.3 Å². The van der Waals surface area contributed by atoms with Crippen molar-refractivity contribution in [1.29, 1.82) is 5.26 Å². The van der Waals surface area contributed by atoms with Crippen LogP contribution in [0, 0.1) is 17.1 Å². The molecule has 0 atom stereocenters. The van der Waals surface area contributed by atoms with E-state index in [2.05, 4.69) is 5.32 Å². The molecule has 1 heterocycles. The number of hydrogen-bond acceptors (Lipinski definition) is 3. The van der Waals surface area contributed by atoms with Crippen molar-refractivity contribution in [3.05, 3.63) is 65.0 Å². The number of hydrogen-bond donors (Lipinski definition) is 1. The average molecular weight is 337 g/mol. The van der Waals surface area contributed by atoms with Crippen LogP contribution in [0.2, 0.25) is 0 Å². The Kier molecular flexibility index (Phi) is 4.75. The molecule has 6 heteroatoms. The maximum absolute atomic E-state index is 13.3. The van der Waals surface area contributed by atoms with Gasteiger partial charge in [-0.2, -0.15) is 5.26 Å². The van der Waals surface area contributed by atoms with E-state index in [-0.39, 0.29) is 29.5 Å². The highest BCUT2D eigenvalue weighted by molar-refractivity contribution is 5.95. The predicted molar refractivity (Wildman–Crippen MR) is 90.3 cm³/mol. The molecule has 2 aromatic rings. The number of benzene rings is 2.